The highest BCUT2D eigenvalue weighted by atomic mass is 16.3. The summed E-state index contributed by atoms with van der Waals surface area (Å²) in [7, 11) is 0. The molecule has 0 aromatic heterocycles. The number of aliphatic hydroxyl groups excluding tert-OH is 2. The van der Waals surface area contributed by atoms with Gasteiger partial charge in [0.1, 0.15) is 6.10 Å². The summed E-state index contributed by atoms with van der Waals surface area (Å²) in [6.45, 7) is -0.214. The molecule has 14 heavy (non-hydrogen) atoms. The van der Waals surface area contributed by atoms with Gasteiger partial charge in [0.05, 0.1) is 6.61 Å². The highest BCUT2D eigenvalue weighted by Gasteiger charge is 2.10. The van der Waals surface area contributed by atoms with E-state index in [0.717, 1.165) is 18.4 Å². The molecule has 1 aliphatic carbocycles. The van der Waals surface area contributed by atoms with E-state index in [4.69, 9.17) is 5.11 Å². The first kappa shape index (κ1) is 9.44. The third-order valence-electron chi connectivity index (χ3n) is 2.63. The maximum atomic E-state index is 9.46. The molecule has 2 nitrogen and oxygen atoms in total. The Labute approximate surface area is 83.5 Å². The Morgan fingerprint density at radius 1 is 1.14 bits per heavy atom. The average molecular weight is 190 g/mol. The van der Waals surface area contributed by atoms with Crippen LogP contribution in [0.25, 0.3) is 0 Å². The minimum absolute atomic E-state index is 0.214. The van der Waals surface area contributed by atoms with Crippen molar-refractivity contribution in [2.24, 2.45) is 0 Å². The van der Waals surface area contributed by atoms with Gasteiger partial charge in [-0.25, -0.2) is 0 Å². The van der Waals surface area contributed by atoms with Gasteiger partial charge in [0, 0.05) is 0 Å². The van der Waals surface area contributed by atoms with Crippen LogP contribution in [-0.4, -0.2) is 16.8 Å². The predicted octanol–water partition coefficient (Wildman–Crippen LogP) is 1.37. The van der Waals surface area contributed by atoms with Crippen LogP contribution in [0.1, 0.15) is 22.8 Å². The van der Waals surface area contributed by atoms with Crippen LogP contribution in [0.15, 0.2) is 30.4 Å². The van der Waals surface area contributed by atoms with E-state index in [1.54, 1.807) is 0 Å². The lowest BCUT2D eigenvalue weighted by atomic mass is 9.93. The molecular weight excluding hydrogens is 176 g/mol. The number of hydrogen-bond donors (Lipinski definition) is 2. The topological polar surface area (TPSA) is 40.5 Å². The van der Waals surface area contributed by atoms with Crippen LogP contribution in [0.4, 0.5) is 0 Å². The zero-order chi connectivity index (χ0) is 9.97. The van der Waals surface area contributed by atoms with Gasteiger partial charge in [-0.2, -0.15) is 0 Å². The molecule has 0 bridgehead atoms. The second-order valence-corrected chi connectivity index (χ2v) is 3.61. The number of fused-ring (bicyclic) bond motifs is 1. The highest BCUT2D eigenvalue weighted by molar-refractivity contribution is 5.37. The second kappa shape index (κ2) is 3.95. The highest BCUT2D eigenvalue weighted by Crippen LogP contribution is 2.21. The average Bonchev–Trinajstić information content (AvgIpc) is 2.27. The lowest BCUT2D eigenvalue weighted by Crippen LogP contribution is -2.05. The third-order valence-corrected chi connectivity index (χ3v) is 2.63. The van der Waals surface area contributed by atoms with Gasteiger partial charge in [0.25, 0.3) is 0 Å². The second-order valence-electron chi connectivity index (χ2n) is 3.61. The lowest BCUT2D eigenvalue weighted by molar-refractivity contribution is 0.0955. The van der Waals surface area contributed by atoms with Crippen LogP contribution in [0.5, 0.6) is 0 Å². The maximum Gasteiger partial charge on any atom is 0.102 e. The molecule has 0 unspecified atom stereocenters. The number of rotatable bonds is 2. The monoisotopic (exact) mass is 190 g/mol. The Morgan fingerprint density at radius 3 is 2.57 bits per heavy atom. The standard InChI is InChI=1S/C12H14O2/c13-8-12(14)11-6-5-9-3-1-2-4-10(9)7-11/h1-2,5-7,12-14H,3-4,8H2/t12-/m0/s1. The van der Waals surface area contributed by atoms with E-state index < -0.39 is 6.10 Å². The molecular formula is C12H14O2. The SMILES string of the molecule is OC[C@H](O)c1ccc2c(c1)CC=CC2. The van der Waals surface area contributed by atoms with Gasteiger partial charge < -0.3 is 10.2 Å². The van der Waals surface area contributed by atoms with Crippen molar-refractivity contribution in [3.05, 3.63) is 47.0 Å². The van der Waals surface area contributed by atoms with Crippen molar-refractivity contribution < 1.29 is 10.2 Å². The smallest absolute Gasteiger partial charge is 0.102 e. The molecule has 0 heterocycles. The first-order valence-corrected chi connectivity index (χ1v) is 4.87. The Bertz CT molecular complexity index is 355. The zero-order valence-electron chi connectivity index (χ0n) is 7.98. The fraction of sp³-hybridized carbons (Fsp3) is 0.333. The quantitative estimate of drug-likeness (QED) is 0.691. The molecule has 1 atom stereocenters. The van der Waals surface area contributed by atoms with E-state index in [2.05, 4.69) is 12.2 Å². The number of benzene rings is 1. The molecule has 0 radical (unpaired) electrons. The summed E-state index contributed by atoms with van der Waals surface area (Å²) in [4.78, 5) is 0. The Kier molecular flexibility index (Phi) is 2.66. The number of aliphatic hydroxyl groups is 2. The molecule has 2 heteroatoms. The summed E-state index contributed by atoms with van der Waals surface area (Å²) in [5, 5.41) is 18.3. The van der Waals surface area contributed by atoms with E-state index in [9.17, 15) is 5.11 Å². The molecule has 1 aliphatic rings. The largest absolute Gasteiger partial charge is 0.393 e. The van der Waals surface area contributed by atoms with Gasteiger partial charge in [-0.3, -0.25) is 0 Å². The zero-order valence-corrected chi connectivity index (χ0v) is 7.98. The van der Waals surface area contributed by atoms with Crippen LogP contribution in [0, 0.1) is 0 Å². The van der Waals surface area contributed by atoms with Gasteiger partial charge in [0.2, 0.25) is 0 Å². The summed E-state index contributed by atoms with van der Waals surface area (Å²) < 4.78 is 0. The third kappa shape index (κ3) is 1.72. The van der Waals surface area contributed by atoms with Crippen molar-refractivity contribution in [2.45, 2.75) is 18.9 Å². The van der Waals surface area contributed by atoms with Crippen LogP contribution in [-0.2, 0) is 12.8 Å². The molecule has 2 N–H and O–H groups in total. The summed E-state index contributed by atoms with van der Waals surface area (Å²) in [6, 6.07) is 5.91. The minimum atomic E-state index is -0.744. The van der Waals surface area contributed by atoms with Crippen molar-refractivity contribution in [1.29, 1.82) is 0 Å². The molecule has 0 fully saturated rings. The molecule has 1 aromatic rings. The summed E-state index contributed by atoms with van der Waals surface area (Å²) in [5.74, 6) is 0. The Balaban J connectivity index is 2.31. The molecule has 74 valence electrons. The van der Waals surface area contributed by atoms with Crippen LogP contribution in [0.3, 0.4) is 0 Å². The van der Waals surface area contributed by atoms with Crippen molar-refractivity contribution in [2.75, 3.05) is 6.61 Å². The Morgan fingerprint density at radius 2 is 1.86 bits per heavy atom. The first-order chi connectivity index (χ1) is 6.81. The molecule has 0 aliphatic heterocycles. The van der Waals surface area contributed by atoms with Crippen molar-refractivity contribution in [3.8, 4) is 0 Å². The normalized spacial score (nSPS) is 16.4. The predicted molar refractivity (Wildman–Crippen MR) is 55.0 cm³/mol. The number of hydrogen-bond acceptors (Lipinski definition) is 2. The Hall–Kier alpha value is -1.12. The molecule has 0 saturated carbocycles. The summed E-state index contributed by atoms with van der Waals surface area (Å²) in [6.07, 6.45) is 5.46. The van der Waals surface area contributed by atoms with E-state index in [1.807, 2.05) is 18.2 Å². The summed E-state index contributed by atoms with van der Waals surface area (Å²) >= 11 is 0. The van der Waals surface area contributed by atoms with E-state index in [-0.39, 0.29) is 6.61 Å². The fourth-order valence-corrected chi connectivity index (χ4v) is 1.77. The van der Waals surface area contributed by atoms with Gasteiger partial charge in [-0.05, 0) is 29.5 Å². The van der Waals surface area contributed by atoms with Crippen molar-refractivity contribution in [3.63, 3.8) is 0 Å². The molecule has 0 saturated heterocycles. The summed E-state index contributed by atoms with van der Waals surface area (Å²) in [5.41, 5.74) is 3.39. The molecule has 0 amide bonds. The van der Waals surface area contributed by atoms with Gasteiger partial charge in [-0.1, -0.05) is 30.4 Å². The van der Waals surface area contributed by atoms with Crippen LogP contribution in [0.2, 0.25) is 0 Å². The first-order valence-electron chi connectivity index (χ1n) is 4.87. The molecule has 2 rings (SSSR count). The van der Waals surface area contributed by atoms with E-state index in [1.165, 1.54) is 11.1 Å². The molecule has 1 aromatic carbocycles. The lowest BCUT2D eigenvalue weighted by Gasteiger charge is -2.14. The van der Waals surface area contributed by atoms with Crippen LogP contribution >= 0.6 is 0 Å². The fourth-order valence-electron chi connectivity index (χ4n) is 1.77. The minimum Gasteiger partial charge on any atom is -0.393 e. The van der Waals surface area contributed by atoms with Gasteiger partial charge >= 0.3 is 0 Å². The van der Waals surface area contributed by atoms with E-state index in [0.29, 0.717) is 0 Å². The molecule has 0 spiro atoms. The van der Waals surface area contributed by atoms with Crippen molar-refractivity contribution in [1.82, 2.24) is 0 Å². The number of allylic oxidation sites excluding steroid dienone is 2. The maximum absolute atomic E-state index is 9.46. The van der Waals surface area contributed by atoms with E-state index >= 15 is 0 Å². The van der Waals surface area contributed by atoms with Gasteiger partial charge in [0.15, 0.2) is 0 Å². The van der Waals surface area contributed by atoms with Gasteiger partial charge in [-0.15, -0.1) is 0 Å². The van der Waals surface area contributed by atoms with Crippen LogP contribution < -0.4 is 0 Å². The van der Waals surface area contributed by atoms with Crippen molar-refractivity contribution >= 4 is 0 Å².